The molecular formula is C19H23N3O2S. The van der Waals surface area contributed by atoms with Gasteiger partial charge < -0.3 is 0 Å². The Balaban J connectivity index is 1.64. The van der Waals surface area contributed by atoms with Crippen LogP contribution in [-0.4, -0.2) is 18.4 Å². The number of primary sulfonamides is 1. The van der Waals surface area contributed by atoms with Crippen molar-refractivity contribution in [2.75, 3.05) is 0 Å². The molecule has 25 heavy (non-hydrogen) atoms. The fourth-order valence-corrected chi connectivity index (χ4v) is 4.76. The summed E-state index contributed by atoms with van der Waals surface area (Å²) in [6, 6.07) is 6.91. The molecule has 1 unspecified atom stereocenters. The van der Waals surface area contributed by atoms with Crippen molar-refractivity contribution in [2.24, 2.45) is 10.6 Å². The lowest BCUT2D eigenvalue weighted by Gasteiger charge is -2.15. The zero-order valence-corrected chi connectivity index (χ0v) is 15.4. The molecule has 5 nitrogen and oxygen atoms in total. The second kappa shape index (κ2) is 5.61. The number of nitrogens with zero attached hydrogens (tertiary/aromatic N) is 2. The van der Waals surface area contributed by atoms with Crippen LogP contribution in [0, 0.1) is 5.41 Å². The van der Waals surface area contributed by atoms with E-state index in [1.54, 1.807) is 12.1 Å². The summed E-state index contributed by atoms with van der Waals surface area (Å²) in [6.45, 7) is 4.44. The van der Waals surface area contributed by atoms with E-state index in [0.29, 0.717) is 5.92 Å². The van der Waals surface area contributed by atoms with Crippen molar-refractivity contribution in [1.29, 1.82) is 0 Å². The van der Waals surface area contributed by atoms with E-state index in [9.17, 15) is 8.42 Å². The third kappa shape index (κ3) is 2.87. The SMILES string of the molecule is CC1(C)C(c2ccc(S(N)(=O)=O)cc2)[C@H]1c1ncc2c(n1)CCCC2. The lowest BCUT2D eigenvalue weighted by molar-refractivity contribution is 0.586. The van der Waals surface area contributed by atoms with Gasteiger partial charge in [0.1, 0.15) is 5.82 Å². The van der Waals surface area contributed by atoms with Crippen LogP contribution >= 0.6 is 0 Å². The van der Waals surface area contributed by atoms with Crippen molar-refractivity contribution < 1.29 is 8.42 Å². The summed E-state index contributed by atoms with van der Waals surface area (Å²) in [5.74, 6) is 1.48. The number of sulfonamides is 1. The minimum Gasteiger partial charge on any atom is -0.241 e. The summed E-state index contributed by atoms with van der Waals surface area (Å²) >= 11 is 0. The molecule has 1 fully saturated rings. The second-order valence-corrected chi connectivity index (χ2v) is 9.36. The van der Waals surface area contributed by atoms with E-state index in [1.165, 1.54) is 24.1 Å². The summed E-state index contributed by atoms with van der Waals surface area (Å²) in [4.78, 5) is 9.68. The van der Waals surface area contributed by atoms with Crippen LogP contribution in [-0.2, 0) is 22.9 Å². The monoisotopic (exact) mass is 357 g/mol. The molecule has 0 amide bonds. The molecular weight excluding hydrogens is 334 g/mol. The predicted octanol–water partition coefficient (Wildman–Crippen LogP) is 2.91. The molecule has 0 radical (unpaired) electrons. The van der Waals surface area contributed by atoms with Crippen molar-refractivity contribution in [3.8, 4) is 0 Å². The van der Waals surface area contributed by atoms with Gasteiger partial charge in [0.2, 0.25) is 10.0 Å². The molecule has 2 aliphatic rings. The molecule has 0 aliphatic heterocycles. The Morgan fingerprint density at radius 1 is 1.08 bits per heavy atom. The van der Waals surface area contributed by atoms with E-state index in [2.05, 4.69) is 18.8 Å². The average Bonchev–Trinajstić information content (AvgIpc) is 3.16. The van der Waals surface area contributed by atoms with Crippen LogP contribution in [0.5, 0.6) is 0 Å². The number of aromatic nitrogens is 2. The Morgan fingerprint density at radius 3 is 2.44 bits per heavy atom. The minimum atomic E-state index is -3.65. The summed E-state index contributed by atoms with van der Waals surface area (Å²) in [7, 11) is -3.65. The third-order valence-corrected chi connectivity index (χ3v) is 6.69. The number of hydrogen-bond donors (Lipinski definition) is 1. The topological polar surface area (TPSA) is 85.9 Å². The zero-order chi connectivity index (χ0) is 17.8. The number of rotatable bonds is 3. The quantitative estimate of drug-likeness (QED) is 0.915. The van der Waals surface area contributed by atoms with Crippen LogP contribution in [0.3, 0.4) is 0 Å². The van der Waals surface area contributed by atoms with Gasteiger partial charge in [-0.25, -0.2) is 23.5 Å². The summed E-state index contributed by atoms with van der Waals surface area (Å²) in [6.07, 6.45) is 6.57. The first-order valence-corrected chi connectivity index (χ1v) is 10.3. The van der Waals surface area contributed by atoms with Gasteiger partial charge in [-0.15, -0.1) is 0 Å². The summed E-state index contributed by atoms with van der Waals surface area (Å²) in [5, 5.41) is 5.19. The molecule has 132 valence electrons. The molecule has 0 saturated heterocycles. The fraction of sp³-hybridized carbons (Fsp3) is 0.474. The van der Waals surface area contributed by atoms with Gasteiger partial charge in [-0.05, 0) is 54.4 Å². The highest BCUT2D eigenvalue weighted by Gasteiger charge is 2.60. The lowest BCUT2D eigenvalue weighted by Crippen LogP contribution is -2.11. The van der Waals surface area contributed by atoms with E-state index in [0.717, 1.165) is 24.2 Å². The Labute approximate surface area is 148 Å². The van der Waals surface area contributed by atoms with E-state index in [4.69, 9.17) is 10.1 Å². The van der Waals surface area contributed by atoms with Crippen molar-refractivity contribution in [1.82, 2.24) is 9.97 Å². The first-order valence-electron chi connectivity index (χ1n) is 8.76. The maximum atomic E-state index is 11.4. The normalized spacial score (nSPS) is 24.6. The van der Waals surface area contributed by atoms with Crippen molar-refractivity contribution >= 4 is 10.0 Å². The molecule has 1 aromatic heterocycles. The number of nitrogens with two attached hydrogens (primary N) is 1. The van der Waals surface area contributed by atoms with E-state index < -0.39 is 10.0 Å². The van der Waals surface area contributed by atoms with Crippen LogP contribution in [0.4, 0.5) is 0 Å². The maximum Gasteiger partial charge on any atom is 0.238 e. The van der Waals surface area contributed by atoms with Crippen LogP contribution in [0.2, 0.25) is 0 Å². The van der Waals surface area contributed by atoms with Crippen LogP contribution in [0.25, 0.3) is 0 Å². The van der Waals surface area contributed by atoms with Gasteiger partial charge in [-0.2, -0.15) is 0 Å². The van der Waals surface area contributed by atoms with E-state index in [1.807, 2.05) is 18.3 Å². The highest BCUT2D eigenvalue weighted by molar-refractivity contribution is 7.89. The van der Waals surface area contributed by atoms with Gasteiger partial charge in [0.15, 0.2) is 0 Å². The Hall–Kier alpha value is -1.79. The Bertz CT molecular complexity index is 920. The van der Waals surface area contributed by atoms with Gasteiger partial charge in [0, 0.05) is 23.7 Å². The standard InChI is InChI=1S/C19H23N3O2S/c1-19(2)16(12-7-9-14(10-8-12)25(20,23)24)17(19)18-21-11-13-5-3-4-6-15(13)22-18/h7-11,16-17H,3-6H2,1-2H3,(H2,20,23,24)/t16?,17-/m0/s1. The van der Waals surface area contributed by atoms with Gasteiger partial charge in [-0.1, -0.05) is 26.0 Å². The minimum absolute atomic E-state index is 0.0615. The smallest absolute Gasteiger partial charge is 0.238 e. The van der Waals surface area contributed by atoms with Crippen molar-refractivity contribution in [2.45, 2.75) is 56.3 Å². The molecule has 2 aliphatic carbocycles. The highest BCUT2D eigenvalue weighted by Crippen LogP contribution is 2.69. The Kier molecular flexibility index (Phi) is 3.74. The summed E-state index contributed by atoms with van der Waals surface area (Å²) in [5.41, 5.74) is 3.68. The summed E-state index contributed by atoms with van der Waals surface area (Å²) < 4.78 is 22.9. The number of aryl methyl sites for hydroxylation is 2. The molecule has 2 aromatic rings. The first-order chi connectivity index (χ1) is 11.8. The number of fused-ring (bicyclic) bond motifs is 1. The van der Waals surface area contributed by atoms with Gasteiger partial charge in [-0.3, -0.25) is 0 Å². The van der Waals surface area contributed by atoms with E-state index in [-0.39, 0.29) is 16.2 Å². The predicted molar refractivity (Wildman–Crippen MR) is 95.8 cm³/mol. The molecule has 4 rings (SSSR count). The molecule has 1 aromatic carbocycles. The molecule has 2 N–H and O–H groups in total. The fourth-order valence-electron chi connectivity index (χ4n) is 4.25. The van der Waals surface area contributed by atoms with E-state index >= 15 is 0 Å². The maximum absolute atomic E-state index is 11.4. The zero-order valence-electron chi connectivity index (χ0n) is 14.6. The van der Waals surface area contributed by atoms with Crippen LogP contribution < -0.4 is 5.14 Å². The Morgan fingerprint density at radius 2 is 1.76 bits per heavy atom. The lowest BCUT2D eigenvalue weighted by atomic mass is 9.97. The molecule has 0 spiro atoms. The largest absolute Gasteiger partial charge is 0.241 e. The average molecular weight is 357 g/mol. The number of hydrogen-bond acceptors (Lipinski definition) is 4. The third-order valence-electron chi connectivity index (χ3n) is 5.76. The van der Waals surface area contributed by atoms with Gasteiger partial charge >= 0.3 is 0 Å². The van der Waals surface area contributed by atoms with Gasteiger partial charge in [0.05, 0.1) is 4.90 Å². The molecule has 0 bridgehead atoms. The highest BCUT2D eigenvalue weighted by atomic mass is 32.2. The van der Waals surface area contributed by atoms with Gasteiger partial charge in [0.25, 0.3) is 0 Å². The first kappa shape index (κ1) is 16.7. The van der Waals surface area contributed by atoms with Crippen LogP contribution in [0.15, 0.2) is 35.4 Å². The molecule has 2 atom stereocenters. The molecule has 1 saturated carbocycles. The number of benzene rings is 1. The van der Waals surface area contributed by atoms with Crippen molar-refractivity contribution in [3.05, 3.63) is 53.1 Å². The molecule has 1 heterocycles. The molecule has 6 heteroatoms. The van der Waals surface area contributed by atoms with Crippen LogP contribution in [0.1, 0.15) is 61.2 Å². The van der Waals surface area contributed by atoms with Crippen molar-refractivity contribution in [3.63, 3.8) is 0 Å². The second-order valence-electron chi connectivity index (χ2n) is 7.80.